The van der Waals surface area contributed by atoms with Crippen molar-refractivity contribution in [2.75, 3.05) is 13.2 Å². The lowest BCUT2D eigenvalue weighted by molar-refractivity contribution is 0.153. The molecule has 0 aromatic heterocycles. The molecule has 0 aliphatic carbocycles. The molecule has 1 aliphatic rings. The number of aliphatic hydroxyl groups excluding tert-OH is 1. The minimum absolute atomic E-state index is 0.0604. The number of rotatable bonds is 9. The van der Waals surface area contributed by atoms with Gasteiger partial charge in [0.05, 0.1) is 17.3 Å². The molecule has 1 atom stereocenters. The van der Waals surface area contributed by atoms with E-state index in [0.717, 1.165) is 37.1 Å². The van der Waals surface area contributed by atoms with E-state index in [1.54, 1.807) is 24.3 Å². The average molecular weight is 466 g/mol. The molecule has 0 bridgehead atoms. The fourth-order valence-corrected chi connectivity index (χ4v) is 5.72. The molecule has 1 heterocycles. The van der Waals surface area contributed by atoms with Gasteiger partial charge in [-0.3, -0.25) is 4.90 Å². The Balaban J connectivity index is 1.38. The van der Waals surface area contributed by atoms with E-state index in [9.17, 15) is 13.5 Å². The van der Waals surface area contributed by atoms with Crippen molar-refractivity contribution in [3.05, 3.63) is 95.1 Å². The highest BCUT2D eigenvalue weighted by Gasteiger charge is 2.23. The van der Waals surface area contributed by atoms with Crippen molar-refractivity contribution in [3.8, 4) is 5.75 Å². The van der Waals surface area contributed by atoms with E-state index in [1.165, 1.54) is 5.56 Å². The number of hydrogen-bond donors (Lipinski definition) is 1. The summed E-state index contributed by atoms with van der Waals surface area (Å²) in [6.07, 6.45) is 2.20. The van der Waals surface area contributed by atoms with Crippen LogP contribution in [0.15, 0.2) is 77.7 Å². The Labute approximate surface area is 196 Å². The third kappa shape index (κ3) is 6.22. The normalized spacial score (nSPS) is 16.7. The summed E-state index contributed by atoms with van der Waals surface area (Å²) >= 11 is 0. The van der Waals surface area contributed by atoms with Gasteiger partial charge >= 0.3 is 0 Å². The number of sulfone groups is 1. The number of likely N-dealkylation sites (tertiary alicyclic amines) is 1. The molecule has 1 saturated heterocycles. The van der Waals surface area contributed by atoms with Crippen LogP contribution >= 0.6 is 0 Å². The molecule has 33 heavy (non-hydrogen) atoms. The van der Waals surface area contributed by atoms with Crippen LogP contribution in [0.2, 0.25) is 0 Å². The van der Waals surface area contributed by atoms with Gasteiger partial charge in [-0.15, -0.1) is 0 Å². The smallest absolute Gasteiger partial charge is 0.182 e. The highest BCUT2D eigenvalue weighted by atomic mass is 32.2. The summed E-state index contributed by atoms with van der Waals surface area (Å²) in [4.78, 5) is 2.66. The van der Waals surface area contributed by atoms with Gasteiger partial charge in [0, 0.05) is 12.6 Å². The van der Waals surface area contributed by atoms with Crippen LogP contribution in [0.3, 0.4) is 0 Å². The van der Waals surface area contributed by atoms with Gasteiger partial charge in [-0.2, -0.15) is 0 Å². The van der Waals surface area contributed by atoms with Crippen LogP contribution in [0.4, 0.5) is 0 Å². The molecule has 3 aromatic carbocycles. The van der Waals surface area contributed by atoms with Gasteiger partial charge in [0.15, 0.2) is 9.84 Å². The van der Waals surface area contributed by atoms with E-state index < -0.39 is 9.84 Å². The summed E-state index contributed by atoms with van der Waals surface area (Å²) in [7, 11) is -3.41. The molecular formula is C27H31NO4S. The average Bonchev–Trinajstić information content (AvgIpc) is 3.25. The second-order valence-corrected chi connectivity index (χ2v) is 10.8. The van der Waals surface area contributed by atoms with E-state index in [4.69, 9.17) is 4.74 Å². The van der Waals surface area contributed by atoms with Crippen LogP contribution in [0.1, 0.15) is 35.1 Å². The van der Waals surface area contributed by atoms with Crippen LogP contribution in [0.5, 0.6) is 5.75 Å². The summed E-state index contributed by atoms with van der Waals surface area (Å²) < 4.78 is 31.5. The first kappa shape index (κ1) is 23.5. The van der Waals surface area contributed by atoms with Gasteiger partial charge in [-0.05, 0) is 72.8 Å². The van der Waals surface area contributed by atoms with E-state index in [0.29, 0.717) is 22.8 Å². The molecule has 3 aromatic rings. The van der Waals surface area contributed by atoms with Gasteiger partial charge in [-0.1, -0.05) is 48.5 Å². The Morgan fingerprint density at radius 3 is 2.42 bits per heavy atom. The third-order valence-electron chi connectivity index (χ3n) is 6.09. The predicted molar refractivity (Wildman–Crippen MR) is 130 cm³/mol. The fourth-order valence-electron chi connectivity index (χ4n) is 4.37. The molecule has 1 N–H and O–H groups in total. The quantitative estimate of drug-likeness (QED) is 0.504. The lowest BCUT2D eigenvalue weighted by Crippen LogP contribution is -2.31. The molecule has 1 unspecified atom stereocenters. The zero-order valence-electron chi connectivity index (χ0n) is 19.0. The predicted octanol–water partition coefficient (Wildman–Crippen LogP) is 4.50. The summed E-state index contributed by atoms with van der Waals surface area (Å²) in [5.74, 6) is 0.606. The first-order valence-electron chi connectivity index (χ1n) is 11.4. The maximum absolute atomic E-state index is 12.7. The second kappa shape index (κ2) is 10.5. The maximum Gasteiger partial charge on any atom is 0.182 e. The Hall–Kier alpha value is -2.67. The molecule has 174 valence electrons. The van der Waals surface area contributed by atoms with Crippen molar-refractivity contribution in [1.29, 1.82) is 0 Å². The zero-order chi connectivity index (χ0) is 23.3. The zero-order valence-corrected chi connectivity index (χ0v) is 19.8. The van der Waals surface area contributed by atoms with E-state index >= 15 is 0 Å². The number of aliphatic hydroxyl groups is 1. The number of aryl methyl sites for hydroxylation is 1. The van der Waals surface area contributed by atoms with Crippen LogP contribution < -0.4 is 4.74 Å². The molecule has 0 saturated carbocycles. The Bertz CT molecular complexity index is 1160. The van der Waals surface area contributed by atoms with Crippen LogP contribution in [-0.4, -0.2) is 37.6 Å². The maximum atomic E-state index is 12.7. The SMILES string of the molecule is Cc1cc(CS(=O)(=O)c2ccccc2)cc(OCc2ccc(CN3CCCC3CO)cc2)c1. The van der Waals surface area contributed by atoms with Crippen molar-refractivity contribution >= 4 is 9.84 Å². The van der Waals surface area contributed by atoms with Gasteiger partial charge in [-0.25, -0.2) is 8.42 Å². The minimum atomic E-state index is -3.41. The van der Waals surface area contributed by atoms with E-state index in [1.807, 2.05) is 31.2 Å². The highest BCUT2D eigenvalue weighted by molar-refractivity contribution is 7.90. The third-order valence-corrected chi connectivity index (χ3v) is 7.80. The molecule has 5 nitrogen and oxygen atoms in total. The van der Waals surface area contributed by atoms with Crippen molar-refractivity contribution in [2.24, 2.45) is 0 Å². The van der Waals surface area contributed by atoms with Crippen LogP contribution in [0.25, 0.3) is 0 Å². The second-order valence-electron chi connectivity index (χ2n) is 8.78. The Morgan fingerprint density at radius 2 is 1.70 bits per heavy atom. The molecular weight excluding hydrogens is 434 g/mol. The standard InChI is InChI=1S/C27H31NO4S/c1-21-14-24(20-33(30,31)27-7-3-2-4-8-27)16-26(15-21)32-19-23-11-9-22(10-12-23)17-28-13-5-6-25(28)18-29/h2-4,7-12,14-16,25,29H,5-6,13,17-20H2,1H3. The molecule has 6 heteroatoms. The van der Waals surface area contributed by atoms with E-state index in [-0.39, 0.29) is 18.4 Å². The molecule has 0 radical (unpaired) electrons. The largest absolute Gasteiger partial charge is 0.489 e. The van der Waals surface area contributed by atoms with Crippen molar-refractivity contribution in [3.63, 3.8) is 0 Å². The Kier molecular flexibility index (Phi) is 7.48. The lowest BCUT2D eigenvalue weighted by atomic mass is 10.1. The topological polar surface area (TPSA) is 66.8 Å². The molecule has 0 amide bonds. The lowest BCUT2D eigenvalue weighted by Gasteiger charge is -2.22. The minimum Gasteiger partial charge on any atom is -0.489 e. The number of nitrogens with zero attached hydrogens (tertiary/aromatic N) is 1. The first-order chi connectivity index (χ1) is 15.9. The highest BCUT2D eigenvalue weighted by Crippen LogP contribution is 2.23. The van der Waals surface area contributed by atoms with Gasteiger partial charge in [0.25, 0.3) is 0 Å². The number of benzene rings is 3. The molecule has 0 spiro atoms. The van der Waals surface area contributed by atoms with Gasteiger partial charge in [0.1, 0.15) is 12.4 Å². The van der Waals surface area contributed by atoms with Gasteiger partial charge < -0.3 is 9.84 Å². The van der Waals surface area contributed by atoms with Crippen molar-refractivity contribution in [1.82, 2.24) is 4.90 Å². The van der Waals surface area contributed by atoms with Crippen LogP contribution in [0, 0.1) is 6.92 Å². The summed E-state index contributed by atoms with van der Waals surface area (Å²) in [6, 6.07) is 22.8. The molecule has 1 aliphatic heterocycles. The summed E-state index contributed by atoms with van der Waals surface area (Å²) in [5.41, 5.74) is 3.96. The summed E-state index contributed by atoms with van der Waals surface area (Å²) in [6.45, 7) is 4.46. The molecule has 4 rings (SSSR count). The fraction of sp³-hybridized carbons (Fsp3) is 0.333. The van der Waals surface area contributed by atoms with Crippen LogP contribution in [-0.2, 0) is 28.7 Å². The molecule has 1 fully saturated rings. The Morgan fingerprint density at radius 1 is 0.970 bits per heavy atom. The number of ether oxygens (including phenoxy) is 1. The monoisotopic (exact) mass is 465 g/mol. The van der Waals surface area contributed by atoms with E-state index in [2.05, 4.69) is 29.2 Å². The summed E-state index contributed by atoms with van der Waals surface area (Å²) in [5, 5.41) is 9.50. The first-order valence-corrected chi connectivity index (χ1v) is 13.0. The van der Waals surface area contributed by atoms with Crippen molar-refractivity contribution in [2.45, 2.75) is 49.6 Å². The van der Waals surface area contributed by atoms with Gasteiger partial charge in [0.2, 0.25) is 0 Å². The number of hydrogen-bond acceptors (Lipinski definition) is 5. The van der Waals surface area contributed by atoms with Crippen molar-refractivity contribution < 1.29 is 18.3 Å².